The minimum Gasteiger partial charge on any atom is -0.504 e. The van der Waals surface area contributed by atoms with E-state index in [0.717, 1.165) is 55.6 Å². The molecule has 0 aromatic heterocycles. The molecule has 7 aliphatic rings. The Balaban J connectivity index is 0.000000203. The van der Waals surface area contributed by atoms with E-state index in [9.17, 15) is 25.2 Å². The Labute approximate surface area is 394 Å². The molecule has 5 aliphatic heterocycles. The first-order valence-corrected chi connectivity index (χ1v) is 22.6. The van der Waals surface area contributed by atoms with Crippen molar-refractivity contribution in [3.63, 3.8) is 0 Å². The van der Waals surface area contributed by atoms with Crippen LogP contribution >= 0.6 is 0 Å². The van der Waals surface area contributed by atoms with Crippen molar-refractivity contribution in [2.75, 3.05) is 62.2 Å². The summed E-state index contributed by atoms with van der Waals surface area (Å²) in [4.78, 5) is 16.3. The summed E-state index contributed by atoms with van der Waals surface area (Å²) < 4.78 is 42.5. The Hall–Kier alpha value is -7.13. The molecule has 3 atom stereocenters. The van der Waals surface area contributed by atoms with Crippen molar-refractivity contribution in [3.05, 3.63) is 147 Å². The molecule has 4 N–H and O–H groups in total. The van der Waals surface area contributed by atoms with Gasteiger partial charge in [0, 0.05) is 48.3 Å². The number of hydrogen-bond donors (Lipinski definition) is 4. The zero-order valence-electron chi connectivity index (χ0n) is 38.8. The molecule has 0 radical (unpaired) electrons. The van der Waals surface area contributed by atoms with Gasteiger partial charge >= 0.3 is 0 Å². The minimum absolute atomic E-state index is 0.000437. The lowest BCUT2D eigenvalue weighted by atomic mass is 9.85. The first-order chi connectivity index (χ1) is 32.8. The van der Waals surface area contributed by atoms with Gasteiger partial charge in [0.05, 0.1) is 28.4 Å². The fourth-order valence-electron chi connectivity index (χ4n) is 10.5. The molecular weight excluding hydrogens is 869 g/mol. The van der Waals surface area contributed by atoms with Crippen molar-refractivity contribution in [1.29, 1.82) is 0 Å². The number of methoxy groups -OCH3 is 4. The first-order valence-electron chi connectivity index (χ1n) is 22.6. The third-order valence-corrected chi connectivity index (χ3v) is 14.1. The number of carbonyl (C=O) groups is 1. The SMILES string of the molecule is COc1ccc2cc1Oc1ccc(cc1)CC1c3cc(c(OC)cc3CCN1C)Oc1c(OC)c(OC)cc3c1C(C2)N(C)CC3.O=C1C=CC2=C3c4cc(O)c(O)cc4CC3(O)COC2=C1O. The summed E-state index contributed by atoms with van der Waals surface area (Å²) in [5.41, 5.74) is 7.95. The summed E-state index contributed by atoms with van der Waals surface area (Å²) in [7, 11) is 11.1. The number of allylic oxidation sites excluding steroid dienone is 2. The Bertz CT molecular complexity index is 2960. The van der Waals surface area contributed by atoms with Crippen LogP contribution in [-0.4, -0.2) is 104 Å². The normalized spacial score (nSPS) is 21.3. The van der Waals surface area contributed by atoms with E-state index >= 15 is 0 Å². The number of benzene rings is 5. The number of aliphatic hydroxyl groups is 2. The molecule has 68 heavy (non-hydrogen) atoms. The van der Waals surface area contributed by atoms with Crippen LogP contribution in [0.2, 0.25) is 0 Å². The van der Waals surface area contributed by atoms with Crippen LogP contribution in [-0.2, 0) is 41.6 Å². The Kier molecular flexibility index (Phi) is 11.5. The maximum Gasteiger partial charge on any atom is 0.224 e. The fraction of sp³-hybridized carbons (Fsp3) is 0.315. The number of likely N-dealkylation sites (N-methyl/N-ethyl adjacent to an activating group) is 2. The number of ether oxygens (including phenoxy) is 7. The number of aromatic hydroxyl groups is 2. The molecule has 12 rings (SSSR count). The molecule has 0 saturated carbocycles. The smallest absolute Gasteiger partial charge is 0.224 e. The number of aliphatic hydroxyl groups excluding tert-OH is 1. The van der Waals surface area contributed by atoms with E-state index in [1.807, 2.05) is 18.2 Å². The predicted octanol–water partition coefficient (Wildman–Crippen LogP) is 8.24. The molecule has 3 unspecified atom stereocenters. The summed E-state index contributed by atoms with van der Waals surface area (Å²) in [5.74, 6) is 3.83. The van der Waals surface area contributed by atoms with Crippen LogP contribution in [0.15, 0.2) is 102 Å². The standard InChI is InChI=1S/C38H42N2O6.C16H12O6/c1-39-15-13-25-20-32(42-4)34-22-28(25)29(39)17-23-7-10-27(11-8-23)45-33-19-24(9-12-31(33)41-3)18-30-36-26(14-16-40(30)2)21-35(43-5)37(44-6)38(36)46-34;17-10-2-1-8-13-9-4-12(19)11(18)3-7(9)5-16(13,21)6-22-15(8)14(10)20/h7-12,19-22,29-30H,13-18H2,1-6H3;1-4,18-21H,5-6H2. The van der Waals surface area contributed by atoms with Gasteiger partial charge in [0.2, 0.25) is 17.3 Å². The van der Waals surface area contributed by atoms with Crippen molar-refractivity contribution in [1.82, 2.24) is 9.80 Å². The lowest BCUT2D eigenvalue weighted by molar-refractivity contribution is -0.114. The highest BCUT2D eigenvalue weighted by molar-refractivity contribution is 6.06. The van der Waals surface area contributed by atoms with Gasteiger partial charge in [-0.3, -0.25) is 14.6 Å². The summed E-state index contributed by atoms with van der Waals surface area (Å²) in [6.45, 7) is 1.74. The molecule has 14 nitrogen and oxygen atoms in total. The largest absolute Gasteiger partial charge is 0.504 e. The number of phenols is 2. The molecule has 14 heteroatoms. The third-order valence-electron chi connectivity index (χ3n) is 14.1. The number of carbonyl (C=O) groups excluding carboxylic acids is 1. The Morgan fingerprint density at radius 1 is 0.676 bits per heavy atom. The number of rotatable bonds is 4. The van der Waals surface area contributed by atoms with E-state index in [-0.39, 0.29) is 42.4 Å². The molecule has 0 fully saturated rings. The lowest BCUT2D eigenvalue weighted by Gasteiger charge is -2.37. The van der Waals surface area contributed by atoms with Gasteiger partial charge < -0.3 is 53.6 Å². The van der Waals surface area contributed by atoms with Gasteiger partial charge in [-0.25, -0.2) is 0 Å². The maximum atomic E-state index is 11.5. The molecule has 5 aromatic rings. The quantitative estimate of drug-likeness (QED) is 0.127. The lowest BCUT2D eigenvalue weighted by Crippen LogP contribution is -2.39. The predicted molar refractivity (Wildman–Crippen MR) is 253 cm³/mol. The van der Waals surface area contributed by atoms with Gasteiger partial charge in [0.25, 0.3) is 0 Å². The van der Waals surface area contributed by atoms with Crippen LogP contribution in [0.1, 0.15) is 56.6 Å². The molecule has 0 amide bonds. The van der Waals surface area contributed by atoms with Crippen LogP contribution < -0.4 is 28.4 Å². The van der Waals surface area contributed by atoms with Crippen molar-refractivity contribution in [2.45, 2.75) is 49.8 Å². The van der Waals surface area contributed by atoms with Gasteiger partial charge in [0.1, 0.15) is 18.0 Å². The Morgan fingerprint density at radius 3 is 2.07 bits per heavy atom. The summed E-state index contributed by atoms with van der Waals surface area (Å²) in [5, 5.41) is 40.1. The van der Waals surface area contributed by atoms with E-state index in [2.05, 4.69) is 66.4 Å². The highest BCUT2D eigenvalue weighted by atomic mass is 16.5. The van der Waals surface area contributed by atoms with Crippen LogP contribution in [0.25, 0.3) is 5.57 Å². The van der Waals surface area contributed by atoms with Crippen molar-refractivity contribution in [2.24, 2.45) is 0 Å². The minimum atomic E-state index is -1.33. The second-order valence-corrected chi connectivity index (χ2v) is 18.1. The second kappa shape index (κ2) is 17.5. The monoisotopic (exact) mass is 922 g/mol. The highest BCUT2D eigenvalue weighted by Gasteiger charge is 2.48. The van der Waals surface area contributed by atoms with Crippen LogP contribution in [0.5, 0.6) is 57.5 Å². The first kappa shape index (κ1) is 44.7. The van der Waals surface area contributed by atoms with E-state index < -0.39 is 17.1 Å². The van der Waals surface area contributed by atoms with E-state index in [4.69, 9.17) is 33.2 Å². The van der Waals surface area contributed by atoms with Gasteiger partial charge in [-0.1, -0.05) is 18.2 Å². The molecular formula is C54H54N2O12. The zero-order valence-corrected chi connectivity index (χ0v) is 38.8. The van der Waals surface area contributed by atoms with Gasteiger partial charge in [-0.05, 0) is 145 Å². The Morgan fingerprint density at radius 2 is 1.34 bits per heavy atom. The van der Waals surface area contributed by atoms with E-state index in [1.165, 1.54) is 46.5 Å². The average molecular weight is 923 g/mol. The van der Waals surface area contributed by atoms with Gasteiger partial charge in [-0.2, -0.15) is 0 Å². The number of ketones is 1. The molecule has 0 spiro atoms. The molecule has 6 bridgehead atoms. The summed E-state index contributed by atoms with van der Waals surface area (Å²) in [6.07, 6.45) is 6.27. The van der Waals surface area contributed by atoms with E-state index in [0.29, 0.717) is 62.5 Å². The number of hydrogen-bond acceptors (Lipinski definition) is 14. The summed E-state index contributed by atoms with van der Waals surface area (Å²) in [6, 6.07) is 24.0. The number of fused-ring (bicyclic) bond motifs is 6. The van der Waals surface area contributed by atoms with Gasteiger partial charge in [-0.15, -0.1) is 0 Å². The molecule has 5 aromatic carbocycles. The molecule has 0 saturated heterocycles. The second-order valence-electron chi connectivity index (χ2n) is 18.1. The fourth-order valence-corrected chi connectivity index (χ4v) is 10.5. The topological polar surface area (TPSA) is 169 Å². The zero-order chi connectivity index (χ0) is 47.6. The van der Waals surface area contributed by atoms with Crippen LogP contribution in [0.3, 0.4) is 0 Å². The van der Waals surface area contributed by atoms with Crippen molar-refractivity contribution >= 4 is 11.4 Å². The molecule has 5 heterocycles. The maximum absolute atomic E-state index is 11.5. The van der Waals surface area contributed by atoms with Crippen LogP contribution in [0.4, 0.5) is 0 Å². The third kappa shape index (κ3) is 7.71. The van der Waals surface area contributed by atoms with E-state index in [1.54, 1.807) is 28.4 Å². The van der Waals surface area contributed by atoms with Gasteiger partial charge in [0.15, 0.2) is 51.8 Å². The van der Waals surface area contributed by atoms with Crippen molar-refractivity contribution < 1.29 is 58.4 Å². The van der Waals surface area contributed by atoms with Crippen molar-refractivity contribution in [3.8, 4) is 57.5 Å². The number of phenolic OH excluding ortho intramolecular Hbond substituents is 2. The number of nitrogens with zero attached hydrogens (tertiary/aromatic N) is 2. The van der Waals surface area contributed by atoms with Crippen LogP contribution in [0, 0.1) is 0 Å². The summed E-state index contributed by atoms with van der Waals surface area (Å²) >= 11 is 0. The highest BCUT2D eigenvalue weighted by Crippen LogP contribution is 2.53. The molecule has 2 aliphatic carbocycles. The molecule has 352 valence electrons. The average Bonchev–Trinajstić information content (AvgIpc) is 3.63.